The third kappa shape index (κ3) is 2.67. The first-order chi connectivity index (χ1) is 8.71. The van der Waals surface area contributed by atoms with E-state index in [-0.39, 0.29) is 5.78 Å². The third-order valence-electron chi connectivity index (χ3n) is 3.39. The Bertz CT molecular complexity index is 410. The lowest BCUT2D eigenvalue weighted by Gasteiger charge is -2.32. The minimum atomic E-state index is -3.14. The average Bonchev–Trinajstić information content (AvgIpc) is 2.93. The van der Waals surface area contributed by atoms with E-state index in [2.05, 4.69) is 4.90 Å². The highest BCUT2D eigenvalue weighted by atomic mass is 31.2. The van der Waals surface area contributed by atoms with Crippen LogP contribution in [0.4, 0.5) is 0 Å². The van der Waals surface area contributed by atoms with Crippen LogP contribution in [0.2, 0.25) is 0 Å². The molecule has 0 N–H and O–H groups in total. The largest absolute Gasteiger partial charge is 0.351 e. The first kappa shape index (κ1) is 13.8. The van der Waals surface area contributed by atoms with E-state index in [1.165, 1.54) is 14.2 Å². The van der Waals surface area contributed by atoms with E-state index in [1.54, 1.807) is 0 Å². The average molecular weight is 269 g/mol. The molecular weight excluding hydrogens is 249 g/mol. The van der Waals surface area contributed by atoms with Crippen LogP contribution in [0, 0.1) is 0 Å². The Kier molecular flexibility index (Phi) is 4.57. The van der Waals surface area contributed by atoms with Gasteiger partial charge in [-0.25, -0.2) is 0 Å². The SMILES string of the molecule is COP(=O)(OC)C(c1ccccc1)N1CCCC1. The second-order valence-corrected chi connectivity index (χ2v) is 6.73. The van der Waals surface area contributed by atoms with Crippen LogP contribution in [0.25, 0.3) is 0 Å². The fourth-order valence-electron chi connectivity index (χ4n) is 2.48. The summed E-state index contributed by atoms with van der Waals surface area (Å²) < 4.78 is 23.2. The van der Waals surface area contributed by atoms with Gasteiger partial charge in [0, 0.05) is 14.2 Å². The molecular formula is C13H20NO3P. The Morgan fingerprint density at radius 2 is 1.67 bits per heavy atom. The molecule has 1 unspecified atom stereocenters. The number of rotatable bonds is 5. The fourth-order valence-corrected chi connectivity index (χ4v) is 4.20. The van der Waals surface area contributed by atoms with E-state index in [4.69, 9.17) is 9.05 Å². The molecule has 0 saturated carbocycles. The molecule has 1 aliphatic rings. The van der Waals surface area contributed by atoms with Crippen molar-refractivity contribution in [2.45, 2.75) is 18.6 Å². The summed E-state index contributed by atoms with van der Waals surface area (Å²) in [6, 6.07) is 9.82. The van der Waals surface area contributed by atoms with Gasteiger partial charge in [0.25, 0.3) is 0 Å². The van der Waals surface area contributed by atoms with Crippen molar-refractivity contribution in [3.8, 4) is 0 Å². The Hall–Kier alpha value is -0.670. The van der Waals surface area contributed by atoms with Gasteiger partial charge in [0.2, 0.25) is 0 Å². The first-order valence-electron chi connectivity index (χ1n) is 6.21. The van der Waals surface area contributed by atoms with Crippen LogP contribution in [-0.4, -0.2) is 32.2 Å². The Morgan fingerprint density at radius 3 is 2.17 bits per heavy atom. The van der Waals surface area contributed by atoms with Gasteiger partial charge in [-0.2, -0.15) is 0 Å². The molecule has 0 aromatic heterocycles. The van der Waals surface area contributed by atoms with Crippen molar-refractivity contribution in [3.63, 3.8) is 0 Å². The van der Waals surface area contributed by atoms with Gasteiger partial charge in [-0.1, -0.05) is 30.3 Å². The predicted molar refractivity (Wildman–Crippen MR) is 71.6 cm³/mol. The lowest BCUT2D eigenvalue weighted by Crippen LogP contribution is -2.26. The third-order valence-corrected chi connectivity index (χ3v) is 5.63. The monoisotopic (exact) mass is 269 g/mol. The van der Waals surface area contributed by atoms with Crippen molar-refractivity contribution in [3.05, 3.63) is 35.9 Å². The van der Waals surface area contributed by atoms with Crippen molar-refractivity contribution >= 4 is 7.60 Å². The second kappa shape index (κ2) is 5.98. The van der Waals surface area contributed by atoms with E-state index in [0.717, 1.165) is 31.5 Å². The summed E-state index contributed by atoms with van der Waals surface area (Å²) in [4.78, 5) is 2.20. The zero-order valence-corrected chi connectivity index (χ0v) is 11.8. The van der Waals surface area contributed by atoms with Crippen molar-refractivity contribution in [2.75, 3.05) is 27.3 Å². The topological polar surface area (TPSA) is 38.8 Å². The lowest BCUT2D eigenvalue weighted by atomic mass is 10.2. The molecule has 5 heteroatoms. The first-order valence-corrected chi connectivity index (χ1v) is 7.82. The van der Waals surface area contributed by atoms with Gasteiger partial charge < -0.3 is 9.05 Å². The van der Waals surface area contributed by atoms with E-state index >= 15 is 0 Å². The summed E-state index contributed by atoms with van der Waals surface area (Å²) in [5, 5.41) is 0. The molecule has 4 nitrogen and oxygen atoms in total. The van der Waals surface area contributed by atoms with E-state index < -0.39 is 7.60 Å². The van der Waals surface area contributed by atoms with Gasteiger partial charge in [-0.15, -0.1) is 0 Å². The molecule has 1 aromatic rings. The zero-order valence-electron chi connectivity index (χ0n) is 10.9. The van der Waals surface area contributed by atoms with Crippen LogP contribution in [-0.2, 0) is 13.6 Å². The minimum absolute atomic E-state index is 0.295. The molecule has 0 spiro atoms. The van der Waals surface area contributed by atoms with E-state index in [0.29, 0.717) is 0 Å². The molecule has 1 heterocycles. The number of nitrogens with zero attached hydrogens (tertiary/aromatic N) is 1. The zero-order chi connectivity index (χ0) is 13.0. The summed E-state index contributed by atoms with van der Waals surface area (Å²) in [5.41, 5.74) is 0.992. The van der Waals surface area contributed by atoms with Crippen LogP contribution >= 0.6 is 7.60 Å². The molecule has 0 radical (unpaired) electrons. The molecule has 0 bridgehead atoms. The lowest BCUT2D eigenvalue weighted by molar-refractivity contribution is 0.211. The highest BCUT2D eigenvalue weighted by Gasteiger charge is 2.40. The van der Waals surface area contributed by atoms with Crippen LogP contribution in [0.1, 0.15) is 24.2 Å². The summed E-state index contributed by atoms with van der Waals surface area (Å²) in [6.07, 6.45) is 2.27. The molecule has 1 saturated heterocycles. The highest BCUT2D eigenvalue weighted by molar-refractivity contribution is 7.54. The van der Waals surface area contributed by atoms with Gasteiger partial charge in [-0.3, -0.25) is 9.46 Å². The number of hydrogen-bond acceptors (Lipinski definition) is 4. The summed E-state index contributed by atoms with van der Waals surface area (Å²) in [5.74, 6) is -0.295. The maximum Gasteiger partial charge on any atom is 0.351 e. The van der Waals surface area contributed by atoms with E-state index in [1.807, 2.05) is 30.3 Å². The van der Waals surface area contributed by atoms with Gasteiger partial charge in [0.15, 0.2) is 0 Å². The van der Waals surface area contributed by atoms with Gasteiger partial charge >= 0.3 is 7.60 Å². The second-order valence-electron chi connectivity index (χ2n) is 4.43. The van der Waals surface area contributed by atoms with Crippen molar-refractivity contribution in [2.24, 2.45) is 0 Å². The molecule has 1 atom stereocenters. The summed E-state index contributed by atoms with van der Waals surface area (Å²) in [7, 11) is -0.227. The standard InChI is InChI=1S/C13H20NO3P/c1-16-18(15,17-2)13(14-10-6-7-11-14)12-8-4-3-5-9-12/h3-5,8-9,13H,6-7,10-11H2,1-2H3. The number of hydrogen-bond donors (Lipinski definition) is 0. The van der Waals surface area contributed by atoms with Crippen molar-refractivity contribution in [1.29, 1.82) is 0 Å². The molecule has 0 amide bonds. The highest BCUT2D eigenvalue weighted by Crippen LogP contribution is 2.61. The molecule has 1 aliphatic heterocycles. The van der Waals surface area contributed by atoms with Crippen molar-refractivity contribution in [1.82, 2.24) is 4.90 Å². The normalized spacial score (nSPS) is 19.0. The smallest absolute Gasteiger partial charge is 0.311 e. The molecule has 2 rings (SSSR count). The predicted octanol–water partition coefficient (Wildman–Crippen LogP) is 3.27. The van der Waals surface area contributed by atoms with Crippen LogP contribution in [0.15, 0.2) is 30.3 Å². The molecule has 1 fully saturated rings. The summed E-state index contributed by atoms with van der Waals surface area (Å²) in [6.45, 7) is 1.88. The Morgan fingerprint density at radius 1 is 1.11 bits per heavy atom. The maximum atomic E-state index is 12.8. The van der Waals surface area contributed by atoms with Crippen LogP contribution in [0.3, 0.4) is 0 Å². The van der Waals surface area contributed by atoms with E-state index in [9.17, 15) is 4.57 Å². The minimum Gasteiger partial charge on any atom is -0.311 e. The Labute approximate surface area is 108 Å². The van der Waals surface area contributed by atoms with Crippen molar-refractivity contribution < 1.29 is 13.6 Å². The van der Waals surface area contributed by atoms with Gasteiger partial charge in [0.05, 0.1) is 0 Å². The molecule has 0 aliphatic carbocycles. The number of benzene rings is 1. The van der Waals surface area contributed by atoms with Gasteiger partial charge in [0.1, 0.15) is 5.78 Å². The fraction of sp³-hybridized carbons (Fsp3) is 0.538. The number of likely N-dealkylation sites (tertiary alicyclic amines) is 1. The van der Waals surface area contributed by atoms with Crippen LogP contribution < -0.4 is 0 Å². The molecule has 1 aromatic carbocycles. The maximum absolute atomic E-state index is 12.8. The molecule has 18 heavy (non-hydrogen) atoms. The van der Waals surface area contributed by atoms with Gasteiger partial charge in [-0.05, 0) is 31.5 Å². The quantitative estimate of drug-likeness (QED) is 0.769. The molecule has 100 valence electrons. The Balaban J connectivity index is 2.37. The summed E-state index contributed by atoms with van der Waals surface area (Å²) >= 11 is 0. The van der Waals surface area contributed by atoms with Crippen LogP contribution in [0.5, 0.6) is 0 Å².